The Hall–Kier alpha value is -2.29. The van der Waals surface area contributed by atoms with Crippen LogP contribution in [0.3, 0.4) is 0 Å². The SMILES string of the molecule is CC(Cn1cncn1)C(=O)NCCS(=O)(=O)c1ccc(F)cc1. The molecule has 0 aliphatic rings. The molecule has 1 N–H and O–H groups in total. The van der Waals surface area contributed by atoms with Crippen molar-refractivity contribution >= 4 is 15.7 Å². The van der Waals surface area contributed by atoms with Gasteiger partial charge in [-0.1, -0.05) is 6.92 Å². The number of amides is 1. The van der Waals surface area contributed by atoms with Crippen LogP contribution in [0.5, 0.6) is 0 Å². The van der Waals surface area contributed by atoms with Gasteiger partial charge >= 0.3 is 0 Å². The van der Waals surface area contributed by atoms with Gasteiger partial charge < -0.3 is 5.32 Å². The molecule has 1 aromatic heterocycles. The van der Waals surface area contributed by atoms with E-state index in [1.54, 1.807) is 6.92 Å². The zero-order valence-corrected chi connectivity index (χ0v) is 13.3. The molecule has 0 fully saturated rings. The molecule has 0 saturated heterocycles. The predicted octanol–water partition coefficient (Wildman–Crippen LogP) is 0.643. The molecule has 0 bridgehead atoms. The van der Waals surface area contributed by atoms with Crippen LogP contribution in [0.25, 0.3) is 0 Å². The number of sulfone groups is 1. The van der Waals surface area contributed by atoms with Gasteiger partial charge in [-0.25, -0.2) is 17.8 Å². The number of carbonyl (C=O) groups excluding carboxylic acids is 1. The Morgan fingerprint density at radius 2 is 2.04 bits per heavy atom. The fraction of sp³-hybridized carbons (Fsp3) is 0.357. The van der Waals surface area contributed by atoms with Crippen molar-refractivity contribution < 1.29 is 17.6 Å². The zero-order valence-electron chi connectivity index (χ0n) is 12.5. The maximum Gasteiger partial charge on any atom is 0.224 e. The van der Waals surface area contributed by atoms with Crippen LogP contribution in [0, 0.1) is 11.7 Å². The van der Waals surface area contributed by atoms with Gasteiger partial charge in [-0.05, 0) is 24.3 Å². The number of benzene rings is 1. The second-order valence-corrected chi connectivity index (χ2v) is 7.19. The summed E-state index contributed by atoms with van der Waals surface area (Å²) in [6, 6.07) is 4.59. The van der Waals surface area contributed by atoms with Gasteiger partial charge in [0.1, 0.15) is 18.5 Å². The lowest BCUT2D eigenvalue weighted by Gasteiger charge is -2.12. The summed E-state index contributed by atoms with van der Waals surface area (Å²) in [7, 11) is -3.56. The largest absolute Gasteiger partial charge is 0.355 e. The van der Waals surface area contributed by atoms with Gasteiger partial charge in [-0.3, -0.25) is 9.48 Å². The number of nitrogens with zero attached hydrogens (tertiary/aromatic N) is 3. The van der Waals surface area contributed by atoms with E-state index in [-0.39, 0.29) is 29.0 Å². The van der Waals surface area contributed by atoms with E-state index in [4.69, 9.17) is 0 Å². The van der Waals surface area contributed by atoms with Crippen molar-refractivity contribution in [2.24, 2.45) is 5.92 Å². The molecular formula is C14H17FN4O3S. The monoisotopic (exact) mass is 340 g/mol. The van der Waals surface area contributed by atoms with E-state index in [1.807, 2.05) is 0 Å². The Balaban J connectivity index is 1.83. The van der Waals surface area contributed by atoms with Gasteiger partial charge in [0.15, 0.2) is 9.84 Å². The van der Waals surface area contributed by atoms with E-state index in [9.17, 15) is 17.6 Å². The van der Waals surface area contributed by atoms with Crippen molar-refractivity contribution in [2.45, 2.75) is 18.4 Å². The minimum absolute atomic E-state index is 0.0137. The first-order chi connectivity index (χ1) is 10.9. The molecular weight excluding hydrogens is 323 g/mol. The normalized spacial score (nSPS) is 12.8. The second-order valence-electron chi connectivity index (χ2n) is 5.08. The molecule has 1 aromatic carbocycles. The van der Waals surface area contributed by atoms with Crippen molar-refractivity contribution in [3.63, 3.8) is 0 Å². The smallest absolute Gasteiger partial charge is 0.224 e. The van der Waals surface area contributed by atoms with Crippen molar-refractivity contribution in [2.75, 3.05) is 12.3 Å². The van der Waals surface area contributed by atoms with Gasteiger partial charge in [-0.2, -0.15) is 5.10 Å². The molecule has 2 rings (SSSR count). The third-order valence-corrected chi connectivity index (χ3v) is 4.95. The summed E-state index contributed by atoms with van der Waals surface area (Å²) in [6.45, 7) is 2.06. The maximum atomic E-state index is 12.8. The Kier molecular flexibility index (Phi) is 5.43. The van der Waals surface area contributed by atoms with Crippen LogP contribution in [0.1, 0.15) is 6.92 Å². The Morgan fingerprint density at radius 3 is 2.65 bits per heavy atom. The molecule has 7 nitrogen and oxygen atoms in total. The molecule has 9 heteroatoms. The van der Waals surface area contributed by atoms with Crippen molar-refractivity contribution in [3.8, 4) is 0 Å². The summed E-state index contributed by atoms with van der Waals surface area (Å²) in [4.78, 5) is 15.7. The van der Waals surface area contributed by atoms with Crippen molar-refractivity contribution in [1.82, 2.24) is 20.1 Å². The van der Waals surface area contributed by atoms with Crippen molar-refractivity contribution in [3.05, 3.63) is 42.7 Å². The highest BCUT2D eigenvalue weighted by Crippen LogP contribution is 2.11. The van der Waals surface area contributed by atoms with Crippen LogP contribution in [-0.4, -0.2) is 41.4 Å². The van der Waals surface area contributed by atoms with Crippen LogP contribution in [0.15, 0.2) is 41.8 Å². The van der Waals surface area contributed by atoms with E-state index in [2.05, 4.69) is 15.4 Å². The Morgan fingerprint density at radius 1 is 1.35 bits per heavy atom. The first-order valence-electron chi connectivity index (χ1n) is 6.97. The molecule has 1 amide bonds. The van der Waals surface area contributed by atoms with Gasteiger partial charge in [-0.15, -0.1) is 0 Å². The molecule has 23 heavy (non-hydrogen) atoms. The number of hydrogen-bond donors (Lipinski definition) is 1. The molecule has 1 atom stereocenters. The van der Waals surface area contributed by atoms with E-state index in [0.29, 0.717) is 6.54 Å². The van der Waals surface area contributed by atoms with Crippen molar-refractivity contribution in [1.29, 1.82) is 0 Å². The van der Waals surface area contributed by atoms with E-state index >= 15 is 0 Å². The number of halogens is 1. The van der Waals surface area contributed by atoms with E-state index in [0.717, 1.165) is 12.1 Å². The first kappa shape index (κ1) is 17.1. The number of aromatic nitrogens is 3. The van der Waals surface area contributed by atoms with Crippen LogP contribution in [0.4, 0.5) is 4.39 Å². The lowest BCUT2D eigenvalue weighted by Crippen LogP contribution is -2.34. The maximum absolute atomic E-state index is 12.8. The molecule has 0 saturated carbocycles. The highest BCUT2D eigenvalue weighted by atomic mass is 32.2. The Labute approximate surface area is 133 Å². The van der Waals surface area contributed by atoms with Crippen LogP contribution >= 0.6 is 0 Å². The fourth-order valence-electron chi connectivity index (χ4n) is 1.93. The molecule has 0 aliphatic carbocycles. The third-order valence-electron chi connectivity index (χ3n) is 3.22. The first-order valence-corrected chi connectivity index (χ1v) is 8.62. The summed E-state index contributed by atoms with van der Waals surface area (Å²) >= 11 is 0. The molecule has 2 aromatic rings. The fourth-order valence-corrected chi connectivity index (χ4v) is 3.09. The molecule has 1 heterocycles. The molecule has 0 aliphatic heterocycles. The zero-order chi connectivity index (χ0) is 16.9. The second kappa shape index (κ2) is 7.32. The van der Waals surface area contributed by atoms with Crippen LogP contribution in [-0.2, 0) is 21.2 Å². The van der Waals surface area contributed by atoms with E-state index in [1.165, 1.54) is 29.5 Å². The van der Waals surface area contributed by atoms with Crippen LogP contribution < -0.4 is 5.32 Å². The molecule has 0 radical (unpaired) electrons. The summed E-state index contributed by atoms with van der Waals surface area (Å²) in [5.74, 6) is -1.39. The van der Waals surface area contributed by atoms with Gasteiger partial charge in [0.05, 0.1) is 23.1 Å². The standard InChI is InChI=1S/C14H17FN4O3S/c1-11(8-19-10-16-9-18-19)14(20)17-6-7-23(21,22)13-4-2-12(15)3-5-13/h2-5,9-11H,6-8H2,1H3,(H,17,20). The number of carbonyl (C=O) groups is 1. The number of rotatable bonds is 7. The average molecular weight is 340 g/mol. The molecule has 0 spiro atoms. The van der Waals surface area contributed by atoms with Gasteiger partial charge in [0, 0.05) is 6.54 Å². The summed E-state index contributed by atoms with van der Waals surface area (Å²) in [6.07, 6.45) is 2.88. The lowest BCUT2D eigenvalue weighted by atomic mass is 10.1. The third kappa shape index (κ3) is 4.85. The quantitative estimate of drug-likeness (QED) is 0.747. The minimum atomic E-state index is -3.56. The predicted molar refractivity (Wildman–Crippen MR) is 80.6 cm³/mol. The number of hydrogen-bond acceptors (Lipinski definition) is 5. The molecule has 124 valence electrons. The summed E-state index contributed by atoms with van der Waals surface area (Å²) < 4.78 is 38.5. The average Bonchev–Trinajstić information content (AvgIpc) is 3.00. The minimum Gasteiger partial charge on any atom is -0.355 e. The van der Waals surface area contributed by atoms with Gasteiger partial charge in [0.25, 0.3) is 0 Å². The topological polar surface area (TPSA) is 93.9 Å². The lowest BCUT2D eigenvalue weighted by molar-refractivity contribution is -0.124. The highest BCUT2D eigenvalue weighted by molar-refractivity contribution is 7.91. The molecule has 1 unspecified atom stereocenters. The number of nitrogens with one attached hydrogen (secondary N) is 1. The highest BCUT2D eigenvalue weighted by Gasteiger charge is 2.17. The summed E-state index contributed by atoms with van der Waals surface area (Å²) in [5.41, 5.74) is 0. The van der Waals surface area contributed by atoms with E-state index < -0.39 is 15.7 Å². The van der Waals surface area contributed by atoms with Crippen LogP contribution in [0.2, 0.25) is 0 Å². The van der Waals surface area contributed by atoms with Gasteiger partial charge in [0.2, 0.25) is 5.91 Å². The Bertz CT molecular complexity index is 745. The summed E-state index contributed by atoms with van der Waals surface area (Å²) in [5, 5.41) is 6.48.